The maximum Gasteiger partial charge on any atom is 0.240 e. The van der Waals surface area contributed by atoms with Crippen LogP contribution < -0.4 is 5.32 Å². The standard InChI is InChI=1S/C18H24N4O2/c1-12-8-13(2)10-15(9-12)19-16(23)6-7-22(3)11-17-20-18(21-24-17)14-4-5-14/h8-10,14H,4-7,11H2,1-3H3,(H,19,23). The minimum Gasteiger partial charge on any atom is -0.338 e. The summed E-state index contributed by atoms with van der Waals surface area (Å²) in [5.41, 5.74) is 3.14. The van der Waals surface area contributed by atoms with Gasteiger partial charge in [0, 0.05) is 24.6 Å². The van der Waals surface area contributed by atoms with Gasteiger partial charge in [-0.25, -0.2) is 0 Å². The number of carbonyl (C=O) groups is 1. The number of hydrogen-bond donors (Lipinski definition) is 1. The maximum absolute atomic E-state index is 12.1. The van der Waals surface area contributed by atoms with Gasteiger partial charge in [-0.05, 0) is 57.0 Å². The Morgan fingerprint density at radius 2 is 2.00 bits per heavy atom. The first-order chi connectivity index (χ1) is 11.5. The predicted octanol–water partition coefficient (Wildman–Crippen LogP) is 3.02. The van der Waals surface area contributed by atoms with Crippen LogP contribution >= 0.6 is 0 Å². The lowest BCUT2D eigenvalue weighted by atomic mass is 10.1. The average molecular weight is 328 g/mol. The molecular weight excluding hydrogens is 304 g/mol. The molecule has 0 saturated heterocycles. The molecule has 6 heteroatoms. The first-order valence-electron chi connectivity index (χ1n) is 8.39. The normalized spacial score (nSPS) is 14.2. The number of hydrogen-bond acceptors (Lipinski definition) is 5. The van der Waals surface area contributed by atoms with Gasteiger partial charge >= 0.3 is 0 Å². The molecule has 0 atom stereocenters. The number of nitrogens with zero attached hydrogens (tertiary/aromatic N) is 3. The highest BCUT2D eigenvalue weighted by Gasteiger charge is 2.28. The summed E-state index contributed by atoms with van der Waals surface area (Å²) in [6.45, 7) is 5.25. The van der Waals surface area contributed by atoms with E-state index >= 15 is 0 Å². The maximum atomic E-state index is 12.1. The minimum atomic E-state index is 0.0102. The van der Waals surface area contributed by atoms with Crippen molar-refractivity contribution < 1.29 is 9.32 Å². The van der Waals surface area contributed by atoms with Crippen molar-refractivity contribution in [3.63, 3.8) is 0 Å². The number of amides is 1. The molecule has 1 aliphatic rings. The Bertz CT molecular complexity index is 701. The lowest BCUT2D eigenvalue weighted by Crippen LogP contribution is -2.24. The molecule has 0 radical (unpaired) electrons. The molecule has 0 aliphatic heterocycles. The lowest BCUT2D eigenvalue weighted by molar-refractivity contribution is -0.116. The number of rotatable bonds is 7. The third-order valence-corrected chi connectivity index (χ3v) is 4.06. The third kappa shape index (κ3) is 4.64. The van der Waals surface area contributed by atoms with E-state index in [9.17, 15) is 4.79 Å². The summed E-state index contributed by atoms with van der Waals surface area (Å²) in [4.78, 5) is 18.5. The molecule has 1 aromatic heterocycles. The molecule has 1 aliphatic carbocycles. The summed E-state index contributed by atoms with van der Waals surface area (Å²) in [5.74, 6) is 1.95. The summed E-state index contributed by atoms with van der Waals surface area (Å²) in [5, 5.41) is 6.96. The van der Waals surface area contributed by atoms with E-state index in [1.807, 2.05) is 37.9 Å². The van der Waals surface area contributed by atoms with Gasteiger partial charge in [-0.1, -0.05) is 11.2 Å². The summed E-state index contributed by atoms with van der Waals surface area (Å²) in [6.07, 6.45) is 2.74. The van der Waals surface area contributed by atoms with Crippen LogP contribution in [0, 0.1) is 13.8 Å². The second kappa shape index (κ2) is 7.13. The van der Waals surface area contributed by atoms with E-state index in [-0.39, 0.29) is 5.91 Å². The number of nitrogens with one attached hydrogen (secondary N) is 1. The van der Waals surface area contributed by atoms with Crippen LogP contribution in [0.3, 0.4) is 0 Å². The Balaban J connectivity index is 1.44. The highest BCUT2D eigenvalue weighted by Crippen LogP contribution is 2.38. The predicted molar refractivity (Wildman–Crippen MR) is 91.8 cm³/mol. The molecule has 3 rings (SSSR count). The van der Waals surface area contributed by atoms with Crippen LogP contribution in [0.25, 0.3) is 0 Å². The molecule has 0 bridgehead atoms. The number of aromatic nitrogens is 2. The molecule has 6 nitrogen and oxygen atoms in total. The topological polar surface area (TPSA) is 71.3 Å². The SMILES string of the molecule is Cc1cc(C)cc(NC(=O)CCN(C)Cc2nc(C3CC3)no2)c1. The summed E-state index contributed by atoms with van der Waals surface area (Å²) >= 11 is 0. The van der Waals surface area contributed by atoms with Gasteiger partial charge < -0.3 is 9.84 Å². The van der Waals surface area contributed by atoms with Gasteiger partial charge in [0.25, 0.3) is 0 Å². The van der Waals surface area contributed by atoms with Crippen LogP contribution in [-0.2, 0) is 11.3 Å². The minimum absolute atomic E-state index is 0.0102. The van der Waals surface area contributed by atoms with E-state index in [1.54, 1.807) is 0 Å². The van der Waals surface area contributed by atoms with Gasteiger partial charge in [0.2, 0.25) is 11.8 Å². The number of aryl methyl sites for hydroxylation is 2. The molecule has 2 aromatic rings. The Labute approximate surface area is 142 Å². The molecule has 1 saturated carbocycles. The van der Waals surface area contributed by atoms with Gasteiger partial charge in [-0.3, -0.25) is 9.69 Å². The van der Waals surface area contributed by atoms with Gasteiger partial charge in [0.05, 0.1) is 6.54 Å². The Morgan fingerprint density at radius 1 is 1.29 bits per heavy atom. The Morgan fingerprint density at radius 3 is 2.67 bits per heavy atom. The molecule has 0 unspecified atom stereocenters. The van der Waals surface area contributed by atoms with Crippen LogP contribution in [0.4, 0.5) is 5.69 Å². The van der Waals surface area contributed by atoms with Crippen molar-refractivity contribution in [1.82, 2.24) is 15.0 Å². The van der Waals surface area contributed by atoms with Crippen LogP contribution in [0.1, 0.15) is 48.0 Å². The fourth-order valence-electron chi connectivity index (χ4n) is 2.71. The lowest BCUT2D eigenvalue weighted by Gasteiger charge is -2.14. The van der Waals surface area contributed by atoms with Crippen molar-refractivity contribution in [3.8, 4) is 0 Å². The molecule has 1 aromatic carbocycles. The van der Waals surface area contributed by atoms with Crippen LogP contribution in [0.2, 0.25) is 0 Å². The van der Waals surface area contributed by atoms with Crippen LogP contribution in [0.5, 0.6) is 0 Å². The van der Waals surface area contributed by atoms with Crippen molar-refractivity contribution in [2.45, 2.75) is 45.6 Å². The highest BCUT2D eigenvalue weighted by atomic mass is 16.5. The van der Waals surface area contributed by atoms with E-state index in [0.29, 0.717) is 31.3 Å². The van der Waals surface area contributed by atoms with Crippen molar-refractivity contribution in [1.29, 1.82) is 0 Å². The Kier molecular flexibility index (Phi) is 4.94. The summed E-state index contributed by atoms with van der Waals surface area (Å²) in [7, 11) is 1.95. The first-order valence-corrected chi connectivity index (χ1v) is 8.39. The zero-order chi connectivity index (χ0) is 17.1. The van der Waals surface area contributed by atoms with E-state index in [2.05, 4.69) is 21.5 Å². The van der Waals surface area contributed by atoms with Gasteiger partial charge in [-0.2, -0.15) is 4.98 Å². The van der Waals surface area contributed by atoms with Crippen molar-refractivity contribution in [2.75, 3.05) is 18.9 Å². The largest absolute Gasteiger partial charge is 0.338 e. The molecule has 1 N–H and O–H groups in total. The second-order valence-electron chi connectivity index (χ2n) is 6.73. The quantitative estimate of drug-likeness (QED) is 0.846. The van der Waals surface area contributed by atoms with E-state index in [1.165, 1.54) is 0 Å². The second-order valence-corrected chi connectivity index (χ2v) is 6.73. The van der Waals surface area contributed by atoms with E-state index < -0.39 is 0 Å². The van der Waals surface area contributed by atoms with Gasteiger partial charge in [-0.15, -0.1) is 0 Å². The molecule has 128 valence electrons. The molecule has 1 fully saturated rings. The number of anilines is 1. The van der Waals surface area contributed by atoms with E-state index in [0.717, 1.165) is 35.5 Å². The number of carbonyl (C=O) groups excluding carboxylic acids is 1. The monoisotopic (exact) mass is 328 g/mol. The zero-order valence-electron chi connectivity index (χ0n) is 14.5. The number of benzene rings is 1. The summed E-state index contributed by atoms with van der Waals surface area (Å²) in [6, 6.07) is 6.04. The fourth-order valence-corrected chi connectivity index (χ4v) is 2.71. The smallest absolute Gasteiger partial charge is 0.240 e. The van der Waals surface area contributed by atoms with Crippen LogP contribution in [0.15, 0.2) is 22.7 Å². The molecule has 1 amide bonds. The van der Waals surface area contributed by atoms with Gasteiger partial charge in [0.1, 0.15) is 0 Å². The highest BCUT2D eigenvalue weighted by molar-refractivity contribution is 5.91. The summed E-state index contributed by atoms with van der Waals surface area (Å²) < 4.78 is 5.26. The van der Waals surface area contributed by atoms with Crippen molar-refractivity contribution in [2.24, 2.45) is 0 Å². The molecule has 0 spiro atoms. The molecular formula is C18H24N4O2. The zero-order valence-corrected chi connectivity index (χ0v) is 14.5. The first kappa shape index (κ1) is 16.6. The van der Waals surface area contributed by atoms with Gasteiger partial charge in [0.15, 0.2) is 5.82 Å². The van der Waals surface area contributed by atoms with E-state index in [4.69, 9.17) is 4.52 Å². The third-order valence-electron chi connectivity index (χ3n) is 4.06. The fraction of sp³-hybridized carbons (Fsp3) is 0.500. The molecule has 1 heterocycles. The van der Waals surface area contributed by atoms with Crippen molar-refractivity contribution in [3.05, 3.63) is 41.0 Å². The van der Waals surface area contributed by atoms with Crippen LogP contribution in [-0.4, -0.2) is 34.5 Å². The Hall–Kier alpha value is -2.21. The average Bonchev–Trinajstić information content (AvgIpc) is 3.25. The van der Waals surface area contributed by atoms with Crippen molar-refractivity contribution >= 4 is 11.6 Å². The molecule has 24 heavy (non-hydrogen) atoms.